The quantitative estimate of drug-likeness (QED) is 0.792. The van der Waals surface area contributed by atoms with Crippen LogP contribution in [0.2, 0.25) is 0 Å². The largest absolute Gasteiger partial charge is 0.382 e. The van der Waals surface area contributed by atoms with Gasteiger partial charge in [0.25, 0.3) is 0 Å². The molecule has 1 saturated heterocycles. The molecule has 1 N–H and O–H groups in total. The van der Waals surface area contributed by atoms with Gasteiger partial charge < -0.3 is 4.18 Å². The Labute approximate surface area is 142 Å². The molecule has 1 heterocycles. The molecule has 0 spiro atoms. The molecule has 1 fully saturated rings. The standard InChI is InChI=1S/C16H22N2O5S/c1-4-11(5-2)13-7-6-12(10-14(13)23-24(3,21)22)18-9-8-15(19)17-16(18)20/h6-7,10-11H,4-5,8-9H2,1-3H3,(H,17,19,20). The SMILES string of the molecule is CCC(CC)c1ccc(N2CCC(=O)NC2=O)cc1OS(C)(=O)=O. The van der Waals surface area contributed by atoms with E-state index < -0.39 is 16.1 Å². The van der Waals surface area contributed by atoms with E-state index in [4.69, 9.17) is 4.18 Å². The van der Waals surface area contributed by atoms with Crippen LogP contribution in [0.5, 0.6) is 5.75 Å². The maximum atomic E-state index is 12.0. The Morgan fingerprint density at radius 3 is 2.46 bits per heavy atom. The van der Waals surface area contributed by atoms with Crippen molar-refractivity contribution in [3.8, 4) is 5.75 Å². The summed E-state index contributed by atoms with van der Waals surface area (Å²) in [5, 5.41) is 2.24. The molecule has 24 heavy (non-hydrogen) atoms. The first-order valence-electron chi connectivity index (χ1n) is 7.90. The number of hydrogen-bond donors (Lipinski definition) is 1. The van der Waals surface area contributed by atoms with Gasteiger partial charge in [-0.05, 0) is 30.4 Å². The zero-order chi connectivity index (χ0) is 17.9. The van der Waals surface area contributed by atoms with Crippen LogP contribution >= 0.6 is 0 Å². The minimum absolute atomic E-state index is 0.160. The van der Waals surface area contributed by atoms with Crippen molar-refractivity contribution in [1.82, 2.24) is 5.32 Å². The maximum Gasteiger partial charge on any atom is 0.328 e. The van der Waals surface area contributed by atoms with E-state index in [1.807, 2.05) is 13.8 Å². The fourth-order valence-electron chi connectivity index (χ4n) is 2.80. The Morgan fingerprint density at radius 1 is 1.25 bits per heavy atom. The molecule has 1 aliphatic rings. The Balaban J connectivity index is 2.43. The monoisotopic (exact) mass is 354 g/mol. The Bertz CT molecular complexity index is 741. The molecule has 0 saturated carbocycles. The van der Waals surface area contributed by atoms with Crippen molar-refractivity contribution in [3.63, 3.8) is 0 Å². The fraction of sp³-hybridized carbons (Fsp3) is 0.500. The summed E-state index contributed by atoms with van der Waals surface area (Å²) < 4.78 is 28.3. The van der Waals surface area contributed by atoms with Crippen LogP contribution in [0.4, 0.5) is 10.5 Å². The van der Waals surface area contributed by atoms with E-state index in [1.54, 1.807) is 18.2 Å². The number of carbonyl (C=O) groups is 2. The van der Waals surface area contributed by atoms with Crippen LogP contribution in [0.1, 0.15) is 44.6 Å². The van der Waals surface area contributed by atoms with E-state index >= 15 is 0 Å². The lowest BCUT2D eigenvalue weighted by atomic mass is 9.93. The third-order valence-corrected chi connectivity index (χ3v) is 4.51. The molecule has 0 atom stereocenters. The van der Waals surface area contributed by atoms with Crippen LogP contribution in [0.25, 0.3) is 0 Å². The lowest BCUT2D eigenvalue weighted by Gasteiger charge is -2.27. The third kappa shape index (κ3) is 4.25. The first-order chi connectivity index (χ1) is 11.2. The summed E-state index contributed by atoms with van der Waals surface area (Å²) in [6, 6.07) is 4.56. The lowest BCUT2D eigenvalue weighted by molar-refractivity contribution is -0.120. The fourth-order valence-corrected chi connectivity index (χ4v) is 3.27. The second kappa shape index (κ2) is 7.21. The van der Waals surface area contributed by atoms with Crippen molar-refractivity contribution >= 4 is 27.7 Å². The second-order valence-electron chi connectivity index (χ2n) is 5.78. The average Bonchev–Trinajstić information content (AvgIpc) is 2.48. The van der Waals surface area contributed by atoms with Crippen molar-refractivity contribution in [2.45, 2.75) is 39.0 Å². The van der Waals surface area contributed by atoms with Crippen LogP contribution in [0.3, 0.4) is 0 Å². The minimum Gasteiger partial charge on any atom is -0.382 e. The molecule has 2 rings (SSSR count). The Morgan fingerprint density at radius 2 is 1.92 bits per heavy atom. The van der Waals surface area contributed by atoms with Crippen molar-refractivity contribution in [2.75, 3.05) is 17.7 Å². The van der Waals surface area contributed by atoms with Crippen LogP contribution in [0.15, 0.2) is 18.2 Å². The normalized spacial score (nSPS) is 15.6. The molecule has 0 bridgehead atoms. The van der Waals surface area contributed by atoms with Crippen molar-refractivity contribution in [3.05, 3.63) is 23.8 Å². The molecule has 132 valence electrons. The molecule has 3 amide bonds. The van der Waals surface area contributed by atoms with Crippen LogP contribution in [-0.2, 0) is 14.9 Å². The first-order valence-corrected chi connectivity index (χ1v) is 9.71. The molecular formula is C16H22N2O5S. The predicted molar refractivity (Wildman–Crippen MR) is 90.7 cm³/mol. The van der Waals surface area contributed by atoms with E-state index in [9.17, 15) is 18.0 Å². The smallest absolute Gasteiger partial charge is 0.328 e. The highest BCUT2D eigenvalue weighted by molar-refractivity contribution is 7.86. The molecular weight excluding hydrogens is 332 g/mol. The van der Waals surface area contributed by atoms with E-state index in [2.05, 4.69) is 5.32 Å². The van der Waals surface area contributed by atoms with Gasteiger partial charge in [-0.3, -0.25) is 15.0 Å². The first kappa shape index (κ1) is 18.3. The van der Waals surface area contributed by atoms with Crippen LogP contribution < -0.4 is 14.4 Å². The van der Waals surface area contributed by atoms with Gasteiger partial charge in [0.15, 0.2) is 0 Å². The van der Waals surface area contributed by atoms with Crippen molar-refractivity contribution < 1.29 is 22.2 Å². The number of hydrogen-bond acceptors (Lipinski definition) is 5. The number of urea groups is 1. The van der Waals surface area contributed by atoms with E-state index in [-0.39, 0.29) is 30.5 Å². The van der Waals surface area contributed by atoms with Crippen molar-refractivity contribution in [1.29, 1.82) is 0 Å². The summed E-state index contributed by atoms with van der Waals surface area (Å²) in [4.78, 5) is 24.6. The number of nitrogens with one attached hydrogen (secondary N) is 1. The van der Waals surface area contributed by atoms with Crippen molar-refractivity contribution in [2.24, 2.45) is 0 Å². The third-order valence-electron chi connectivity index (χ3n) is 4.03. The molecule has 1 aromatic rings. The summed E-state index contributed by atoms with van der Waals surface area (Å²) in [6.45, 7) is 4.29. The average molecular weight is 354 g/mol. The molecule has 0 aromatic heterocycles. The summed E-state index contributed by atoms with van der Waals surface area (Å²) >= 11 is 0. The number of nitrogens with zero attached hydrogens (tertiary/aromatic N) is 1. The zero-order valence-electron chi connectivity index (χ0n) is 14.0. The Hall–Kier alpha value is -2.09. The molecule has 0 radical (unpaired) electrons. The number of anilines is 1. The molecule has 1 aromatic carbocycles. The van der Waals surface area contributed by atoms with Gasteiger partial charge in [-0.2, -0.15) is 8.42 Å². The van der Waals surface area contributed by atoms with Gasteiger partial charge in [-0.15, -0.1) is 0 Å². The summed E-state index contributed by atoms with van der Waals surface area (Å²) in [5.41, 5.74) is 1.29. The minimum atomic E-state index is -3.69. The number of benzene rings is 1. The van der Waals surface area contributed by atoms with E-state index in [1.165, 1.54) is 4.90 Å². The number of rotatable bonds is 6. The van der Waals surface area contributed by atoms with Gasteiger partial charge in [0, 0.05) is 24.7 Å². The summed E-state index contributed by atoms with van der Waals surface area (Å²) in [7, 11) is -3.69. The van der Waals surface area contributed by atoms with Gasteiger partial charge in [-0.1, -0.05) is 19.9 Å². The molecule has 0 unspecified atom stereocenters. The van der Waals surface area contributed by atoms with Crippen LogP contribution in [0, 0.1) is 0 Å². The summed E-state index contributed by atoms with van der Waals surface area (Å²) in [5.74, 6) is 0.0680. The van der Waals surface area contributed by atoms with E-state index in [0.717, 1.165) is 24.7 Å². The molecule has 1 aliphatic heterocycles. The topological polar surface area (TPSA) is 92.8 Å². The lowest BCUT2D eigenvalue weighted by Crippen LogP contribution is -2.49. The highest BCUT2D eigenvalue weighted by Gasteiger charge is 2.26. The van der Waals surface area contributed by atoms with Gasteiger partial charge in [-0.25, -0.2) is 4.79 Å². The highest BCUT2D eigenvalue weighted by Crippen LogP contribution is 2.35. The molecule has 7 nitrogen and oxygen atoms in total. The van der Waals surface area contributed by atoms with Gasteiger partial charge >= 0.3 is 16.1 Å². The highest BCUT2D eigenvalue weighted by atomic mass is 32.2. The molecule has 0 aliphatic carbocycles. The number of imide groups is 1. The number of carbonyl (C=O) groups excluding carboxylic acids is 2. The number of amides is 3. The van der Waals surface area contributed by atoms with Gasteiger partial charge in [0.2, 0.25) is 5.91 Å². The van der Waals surface area contributed by atoms with Crippen LogP contribution in [-0.4, -0.2) is 33.2 Å². The maximum absolute atomic E-state index is 12.0. The molecule has 8 heteroatoms. The van der Waals surface area contributed by atoms with Gasteiger partial charge in [0.1, 0.15) is 5.75 Å². The zero-order valence-corrected chi connectivity index (χ0v) is 14.9. The predicted octanol–water partition coefficient (Wildman–Crippen LogP) is 2.37. The van der Waals surface area contributed by atoms with E-state index in [0.29, 0.717) is 5.69 Å². The van der Waals surface area contributed by atoms with Gasteiger partial charge in [0.05, 0.1) is 6.26 Å². The Kier molecular flexibility index (Phi) is 5.48. The second-order valence-corrected chi connectivity index (χ2v) is 7.35. The summed E-state index contributed by atoms with van der Waals surface area (Å²) in [6.07, 6.45) is 2.87.